The molecule has 1 heterocycles. The third kappa shape index (κ3) is 2.35. The number of nitrogens with zero attached hydrogens (tertiary/aromatic N) is 1. The van der Waals surface area contributed by atoms with Gasteiger partial charge in [-0.3, -0.25) is 0 Å². The van der Waals surface area contributed by atoms with Gasteiger partial charge in [-0.15, -0.1) is 0 Å². The molecule has 2 nitrogen and oxygen atoms in total. The van der Waals surface area contributed by atoms with Crippen LogP contribution >= 0.6 is 11.6 Å². The summed E-state index contributed by atoms with van der Waals surface area (Å²) in [6.07, 6.45) is 0.961. The van der Waals surface area contributed by atoms with Gasteiger partial charge in [0, 0.05) is 18.1 Å². The second-order valence-corrected chi connectivity index (χ2v) is 5.95. The molecule has 0 bridgehead atoms. The van der Waals surface area contributed by atoms with Crippen molar-refractivity contribution in [3.63, 3.8) is 0 Å². The third-order valence-electron chi connectivity index (χ3n) is 4.05. The average molecular weight is 288 g/mol. The fourth-order valence-corrected chi connectivity index (χ4v) is 3.11. The van der Waals surface area contributed by atoms with Gasteiger partial charge in [-0.05, 0) is 42.3 Å². The highest BCUT2D eigenvalue weighted by molar-refractivity contribution is 6.30. The standard InChI is InChI=1S/C17H18ClNO/c1-19-11-10-13-4-2-3-5-16(13)17(20,12-19)14-6-8-15(18)9-7-14/h2-9,20H,10-12H2,1H3. The largest absolute Gasteiger partial charge is 0.379 e. The van der Waals surface area contributed by atoms with Crippen molar-refractivity contribution in [1.82, 2.24) is 4.90 Å². The number of hydrogen-bond donors (Lipinski definition) is 1. The predicted molar refractivity (Wildman–Crippen MR) is 82.1 cm³/mol. The van der Waals surface area contributed by atoms with Gasteiger partial charge >= 0.3 is 0 Å². The molecule has 0 spiro atoms. The Morgan fingerprint density at radius 3 is 2.55 bits per heavy atom. The van der Waals surface area contributed by atoms with E-state index < -0.39 is 5.60 Å². The summed E-state index contributed by atoms with van der Waals surface area (Å²) in [7, 11) is 2.05. The first-order valence-electron chi connectivity index (χ1n) is 6.85. The van der Waals surface area contributed by atoms with Gasteiger partial charge in [0.25, 0.3) is 0 Å². The first-order valence-corrected chi connectivity index (χ1v) is 7.23. The lowest BCUT2D eigenvalue weighted by molar-refractivity contribution is 0.0492. The highest BCUT2D eigenvalue weighted by atomic mass is 35.5. The maximum Gasteiger partial charge on any atom is 0.127 e. The van der Waals surface area contributed by atoms with E-state index in [-0.39, 0.29) is 0 Å². The fraction of sp³-hybridized carbons (Fsp3) is 0.294. The lowest BCUT2D eigenvalue weighted by atomic mass is 9.83. The molecule has 1 N–H and O–H groups in total. The van der Waals surface area contributed by atoms with Crippen molar-refractivity contribution in [1.29, 1.82) is 0 Å². The number of likely N-dealkylation sites (N-methyl/N-ethyl adjacent to an activating group) is 1. The van der Waals surface area contributed by atoms with Gasteiger partial charge in [0.15, 0.2) is 0 Å². The highest BCUT2D eigenvalue weighted by Crippen LogP contribution is 2.35. The number of rotatable bonds is 1. The Hall–Kier alpha value is -1.35. The van der Waals surface area contributed by atoms with Crippen LogP contribution in [0.25, 0.3) is 0 Å². The van der Waals surface area contributed by atoms with E-state index in [0.29, 0.717) is 11.6 Å². The molecule has 2 aromatic carbocycles. The van der Waals surface area contributed by atoms with E-state index >= 15 is 0 Å². The van der Waals surface area contributed by atoms with Crippen molar-refractivity contribution >= 4 is 11.6 Å². The van der Waals surface area contributed by atoms with E-state index in [2.05, 4.69) is 11.0 Å². The maximum absolute atomic E-state index is 11.4. The first kappa shape index (κ1) is 13.6. The summed E-state index contributed by atoms with van der Waals surface area (Å²) < 4.78 is 0. The van der Waals surface area contributed by atoms with Crippen LogP contribution in [0.1, 0.15) is 16.7 Å². The second kappa shape index (κ2) is 5.21. The van der Waals surface area contributed by atoms with Crippen molar-refractivity contribution in [2.24, 2.45) is 0 Å². The number of hydrogen-bond acceptors (Lipinski definition) is 2. The summed E-state index contributed by atoms with van der Waals surface area (Å²) in [5.74, 6) is 0. The molecule has 1 aliphatic heterocycles. The van der Waals surface area contributed by atoms with Gasteiger partial charge in [-0.25, -0.2) is 0 Å². The summed E-state index contributed by atoms with van der Waals surface area (Å²) in [6.45, 7) is 1.54. The third-order valence-corrected chi connectivity index (χ3v) is 4.30. The Morgan fingerprint density at radius 1 is 1.10 bits per heavy atom. The molecule has 0 aromatic heterocycles. The van der Waals surface area contributed by atoms with E-state index in [4.69, 9.17) is 11.6 Å². The molecule has 1 aliphatic rings. The van der Waals surface area contributed by atoms with Gasteiger partial charge < -0.3 is 10.0 Å². The van der Waals surface area contributed by atoms with Gasteiger partial charge in [0.1, 0.15) is 5.60 Å². The molecule has 0 saturated carbocycles. The minimum atomic E-state index is -0.980. The molecule has 0 fully saturated rings. The molecule has 0 radical (unpaired) electrons. The number of benzene rings is 2. The van der Waals surface area contributed by atoms with Crippen LogP contribution in [0.5, 0.6) is 0 Å². The molecule has 0 aliphatic carbocycles. The monoisotopic (exact) mass is 287 g/mol. The van der Waals surface area contributed by atoms with Gasteiger partial charge in [-0.1, -0.05) is 48.0 Å². The Labute approximate surface area is 124 Å². The smallest absolute Gasteiger partial charge is 0.127 e. The van der Waals surface area contributed by atoms with Crippen LogP contribution in [-0.4, -0.2) is 30.1 Å². The lowest BCUT2D eigenvalue weighted by Crippen LogP contribution is -2.39. The van der Waals surface area contributed by atoms with Crippen LogP contribution in [0.2, 0.25) is 5.02 Å². The average Bonchev–Trinajstić information content (AvgIpc) is 2.58. The van der Waals surface area contributed by atoms with Crippen molar-refractivity contribution < 1.29 is 5.11 Å². The summed E-state index contributed by atoms with van der Waals surface area (Å²) >= 11 is 5.97. The van der Waals surface area contributed by atoms with Crippen LogP contribution in [0, 0.1) is 0 Å². The molecule has 1 unspecified atom stereocenters. The minimum absolute atomic E-state index is 0.589. The van der Waals surface area contributed by atoms with Crippen LogP contribution in [0.3, 0.4) is 0 Å². The van der Waals surface area contributed by atoms with E-state index in [1.165, 1.54) is 5.56 Å². The second-order valence-electron chi connectivity index (χ2n) is 5.51. The predicted octanol–water partition coefficient (Wildman–Crippen LogP) is 3.06. The first-order chi connectivity index (χ1) is 9.59. The molecule has 20 heavy (non-hydrogen) atoms. The van der Waals surface area contributed by atoms with Crippen molar-refractivity contribution in [3.8, 4) is 0 Å². The van der Waals surface area contributed by atoms with Crippen LogP contribution in [0.4, 0.5) is 0 Å². The zero-order valence-electron chi connectivity index (χ0n) is 11.5. The van der Waals surface area contributed by atoms with Crippen molar-refractivity contribution in [3.05, 3.63) is 70.2 Å². The Morgan fingerprint density at radius 2 is 1.80 bits per heavy atom. The molecular formula is C17H18ClNO. The van der Waals surface area contributed by atoms with Crippen LogP contribution in [-0.2, 0) is 12.0 Å². The van der Waals surface area contributed by atoms with Crippen LogP contribution in [0.15, 0.2) is 48.5 Å². The van der Waals surface area contributed by atoms with Crippen LogP contribution < -0.4 is 0 Å². The Bertz CT molecular complexity index is 611. The number of fused-ring (bicyclic) bond motifs is 1. The fourth-order valence-electron chi connectivity index (χ4n) is 2.98. The molecule has 104 valence electrons. The summed E-state index contributed by atoms with van der Waals surface area (Å²) in [4.78, 5) is 2.18. The zero-order valence-corrected chi connectivity index (χ0v) is 12.3. The quantitative estimate of drug-likeness (QED) is 0.871. The summed E-state index contributed by atoms with van der Waals surface area (Å²) in [5.41, 5.74) is 2.14. The molecule has 2 aromatic rings. The highest BCUT2D eigenvalue weighted by Gasteiger charge is 2.36. The molecular weight excluding hydrogens is 270 g/mol. The SMILES string of the molecule is CN1CCc2ccccc2C(O)(c2ccc(Cl)cc2)C1. The number of β-amino-alcohol motifs (C(OH)–C–C–N with tert-alkyl or cyclic N) is 1. The topological polar surface area (TPSA) is 23.5 Å². The number of halogens is 1. The minimum Gasteiger partial charge on any atom is -0.379 e. The molecule has 1 atom stereocenters. The molecule has 3 heteroatoms. The Kier molecular flexibility index (Phi) is 3.55. The van der Waals surface area contributed by atoms with E-state index in [9.17, 15) is 5.11 Å². The maximum atomic E-state index is 11.4. The summed E-state index contributed by atoms with van der Waals surface area (Å²) in [6, 6.07) is 15.7. The summed E-state index contributed by atoms with van der Waals surface area (Å²) in [5, 5.41) is 12.0. The van der Waals surface area contributed by atoms with E-state index in [0.717, 1.165) is 24.1 Å². The van der Waals surface area contributed by atoms with Crippen molar-refractivity contribution in [2.75, 3.05) is 20.1 Å². The molecule has 0 saturated heterocycles. The van der Waals surface area contributed by atoms with E-state index in [1.54, 1.807) is 0 Å². The van der Waals surface area contributed by atoms with E-state index in [1.807, 2.05) is 49.5 Å². The molecule has 3 rings (SSSR count). The van der Waals surface area contributed by atoms with Gasteiger partial charge in [-0.2, -0.15) is 0 Å². The van der Waals surface area contributed by atoms with Crippen molar-refractivity contribution in [2.45, 2.75) is 12.0 Å². The lowest BCUT2D eigenvalue weighted by Gasteiger charge is -2.32. The normalized spacial score (nSPS) is 23.1. The van der Waals surface area contributed by atoms with Gasteiger partial charge in [0.2, 0.25) is 0 Å². The Balaban J connectivity index is 2.16. The van der Waals surface area contributed by atoms with Gasteiger partial charge in [0.05, 0.1) is 0 Å². The number of aliphatic hydroxyl groups is 1. The molecule has 0 amide bonds. The zero-order chi connectivity index (χ0) is 14.2.